The Morgan fingerprint density at radius 3 is 3.21 bits per heavy atom. The van der Waals surface area contributed by atoms with Crippen LogP contribution in [0.15, 0.2) is 5.51 Å². The molecule has 0 saturated carbocycles. The van der Waals surface area contributed by atoms with Gasteiger partial charge in [0.05, 0.1) is 27.8 Å². The fourth-order valence-corrected chi connectivity index (χ4v) is 5.20. The second kappa shape index (κ2) is 4.63. The maximum Gasteiger partial charge on any atom is 0.116 e. The monoisotopic (exact) mass is 292 g/mol. The lowest BCUT2D eigenvalue weighted by Crippen LogP contribution is -2.32. The molecule has 0 aliphatic carbocycles. The average molecular weight is 292 g/mol. The van der Waals surface area contributed by atoms with E-state index in [1.807, 2.05) is 16.8 Å². The maximum absolute atomic E-state index is 4.92. The Labute approximate surface area is 120 Å². The van der Waals surface area contributed by atoms with Gasteiger partial charge in [-0.15, -0.1) is 22.7 Å². The first-order valence-corrected chi connectivity index (χ1v) is 8.34. The molecule has 2 aliphatic heterocycles. The average Bonchev–Trinajstić information content (AvgIpc) is 3.03. The highest BCUT2D eigenvalue weighted by Gasteiger charge is 2.31. The van der Waals surface area contributed by atoms with Gasteiger partial charge in [-0.05, 0) is 7.05 Å². The van der Waals surface area contributed by atoms with E-state index >= 15 is 0 Å². The normalized spacial score (nSPS) is 23.1. The van der Waals surface area contributed by atoms with Gasteiger partial charge in [-0.2, -0.15) is 0 Å². The van der Waals surface area contributed by atoms with Crippen LogP contribution >= 0.6 is 22.7 Å². The predicted octanol–water partition coefficient (Wildman–Crippen LogP) is 1.82. The Morgan fingerprint density at radius 1 is 1.37 bits per heavy atom. The largest absolute Gasteiger partial charge is 0.311 e. The molecule has 2 aliphatic rings. The van der Waals surface area contributed by atoms with Crippen LogP contribution < -0.4 is 5.32 Å². The van der Waals surface area contributed by atoms with E-state index in [0.29, 0.717) is 6.04 Å². The Balaban J connectivity index is 1.77. The molecule has 2 aromatic heterocycles. The Bertz CT molecular complexity index is 580. The summed E-state index contributed by atoms with van der Waals surface area (Å²) in [6.07, 6.45) is 2.14. The molecule has 100 valence electrons. The lowest BCUT2D eigenvalue weighted by atomic mass is 10.1. The van der Waals surface area contributed by atoms with Gasteiger partial charge in [-0.1, -0.05) is 0 Å². The van der Waals surface area contributed by atoms with Crippen LogP contribution in [-0.4, -0.2) is 35.0 Å². The minimum absolute atomic E-state index is 0.326. The third-order valence-corrected chi connectivity index (χ3v) is 5.99. The Morgan fingerprint density at radius 2 is 2.32 bits per heavy atom. The van der Waals surface area contributed by atoms with E-state index in [1.54, 1.807) is 11.3 Å². The fourth-order valence-electron chi connectivity index (χ4n) is 2.86. The van der Waals surface area contributed by atoms with E-state index < -0.39 is 0 Å². The van der Waals surface area contributed by atoms with E-state index in [2.05, 4.69) is 22.2 Å². The molecule has 0 bridgehead atoms. The number of likely N-dealkylation sites (N-methyl/N-ethyl adjacent to an activating group) is 1. The van der Waals surface area contributed by atoms with Crippen molar-refractivity contribution < 1.29 is 0 Å². The van der Waals surface area contributed by atoms with Crippen molar-refractivity contribution in [3.05, 3.63) is 31.7 Å². The minimum atomic E-state index is 0.326. The summed E-state index contributed by atoms with van der Waals surface area (Å²) in [7, 11) is 2.20. The highest BCUT2D eigenvalue weighted by Crippen LogP contribution is 2.39. The van der Waals surface area contributed by atoms with Crippen LogP contribution in [0.3, 0.4) is 0 Å². The van der Waals surface area contributed by atoms with E-state index in [9.17, 15) is 0 Å². The van der Waals surface area contributed by atoms with Crippen LogP contribution in [-0.2, 0) is 19.4 Å². The number of fused-ring (bicyclic) bond motifs is 2. The molecule has 1 atom stereocenters. The zero-order valence-electron chi connectivity index (χ0n) is 10.8. The van der Waals surface area contributed by atoms with Crippen LogP contribution in [0.25, 0.3) is 0 Å². The highest BCUT2D eigenvalue weighted by molar-refractivity contribution is 7.12. The molecule has 4 rings (SSSR count). The van der Waals surface area contributed by atoms with Crippen molar-refractivity contribution in [1.82, 2.24) is 20.2 Å². The summed E-state index contributed by atoms with van der Waals surface area (Å²) in [6, 6.07) is 0.326. The summed E-state index contributed by atoms with van der Waals surface area (Å²) < 4.78 is 0. The molecule has 0 aromatic carbocycles. The Hall–Kier alpha value is -0.820. The SMILES string of the molecule is CN1CCc2ncsc2C1c1nc2c(s1)CNCC2. The number of nitrogens with one attached hydrogen (secondary N) is 1. The molecule has 1 N–H and O–H groups in total. The first kappa shape index (κ1) is 12.0. The first-order chi connectivity index (χ1) is 9.33. The minimum Gasteiger partial charge on any atom is -0.311 e. The van der Waals surface area contributed by atoms with Crippen molar-refractivity contribution in [2.24, 2.45) is 0 Å². The number of aromatic nitrogens is 2. The van der Waals surface area contributed by atoms with Crippen LogP contribution in [0, 0.1) is 0 Å². The molecule has 1 unspecified atom stereocenters. The number of rotatable bonds is 1. The van der Waals surface area contributed by atoms with Crippen molar-refractivity contribution in [3.63, 3.8) is 0 Å². The van der Waals surface area contributed by atoms with Crippen molar-refractivity contribution in [3.8, 4) is 0 Å². The quantitative estimate of drug-likeness (QED) is 0.870. The van der Waals surface area contributed by atoms with Gasteiger partial charge in [-0.25, -0.2) is 9.97 Å². The van der Waals surface area contributed by atoms with Gasteiger partial charge in [0.25, 0.3) is 0 Å². The summed E-state index contributed by atoms with van der Waals surface area (Å²) in [4.78, 5) is 14.7. The van der Waals surface area contributed by atoms with E-state index in [4.69, 9.17) is 4.98 Å². The number of thiazole rings is 2. The van der Waals surface area contributed by atoms with Crippen LogP contribution in [0.1, 0.15) is 32.2 Å². The molecule has 0 amide bonds. The summed E-state index contributed by atoms with van der Waals surface area (Å²) >= 11 is 3.65. The van der Waals surface area contributed by atoms with Gasteiger partial charge < -0.3 is 5.32 Å². The maximum atomic E-state index is 4.92. The van der Waals surface area contributed by atoms with Gasteiger partial charge in [-0.3, -0.25) is 4.90 Å². The molecule has 0 radical (unpaired) electrons. The van der Waals surface area contributed by atoms with Crippen LogP contribution in [0.2, 0.25) is 0 Å². The summed E-state index contributed by atoms with van der Waals surface area (Å²) in [5.74, 6) is 0. The zero-order chi connectivity index (χ0) is 12.8. The summed E-state index contributed by atoms with van der Waals surface area (Å²) in [5, 5.41) is 4.68. The standard InChI is InChI=1S/C13H16N4S2/c1-17-5-3-9-12(18-7-15-9)11(17)13-16-8-2-4-14-6-10(8)19-13/h7,11,14H,2-6H2,1H3. The van der Waals surface area contributed by atoms with Crippen molar-refractivity contribution in [2.45, 2.75) is 25.4 Å². The van der Waals surface area contributed by atoms with Crippen molar-refractivity contribution >= 4 is 22.7 Å². The number of hydrogen-bond acceptors (Lipinski definition) is 6. The second-order valence-electron chi connectivity index (χ2n) is 5.15. The molecule has 0 saturated heterocycles. The Kier molecular flexibility index (Phi) is 2.91. The molecule has 0 fully saturated rings. The van der Waals surface area contributed by atoms with Crippen molar-refractivity contribution in [2.75, 3.05) is 20.1 Å². The molecule has 0 spiro atoms. The topological polar surface area (TPSA) is 41.1 Å². The highest BCUT2D eigenvalue weighted by atomic mass is 32.1. The van der Waals surface area contributed by atoms with Crippen LogP contribution in [0.4, 0.5) is 0 Å². The first-order valence-electron chi connectivity index (χ1n) is 6.64. The lowest BCUT2D eigenvalue weighted by molar-refractivity contribution is 0.266. The molecule has 2 aromatic rings. The molecule has 6 heteroatoms. The molecular weight excluding hydrogens is 276 g/mol. The van der Waals surface area contributed by atoms with Gasteiger partial charge in [0.1, 0.15) is 5.01 Å². The van der Waals surface area contributed by atoms with Gasteiger partial charge in [0, 0.05) is 37.4 Å². The van der Waals surface area contributed by atoms with Gasteiger partial charge in [0.2, 0.25) is 0 Å². The fraction of sp³-hybridized carbons (Fsp3) is 0.538. The van der Waals surface area contributed by atoms with E-state index in [0.717, 1.165) is 32.5 Å². The summed E-state index contributed by atoms with van der Waals surface area (Å²) in [6.45, 7) is 3.12. The zero-order valence-corrected chi connectivity index (χ0v) is 12.5. The van der Waals surface area contributed by atoms with Gasteiger partial charge in [0.15, 0.2) is 0 Å². The van der Waals surface area contributed by atoms with Crippen LogP contribution in [0.5, 0.6) is 0 Å². The molecule has 19 heavy (non-hydrogen) atoms. The molecular formula is C13H16N4S2. The lowest BCUT2D eigenvalue weighted by Gasteiger charge is -2.30. The molecule has 4 heterocycles. The third-order valence-electron chi connectivity index (χ3n) is 3.92. The van der Waals surface area contributed by atoms with E-state index in [-0.39, 0.29) is 0 Å². The van der Waals surface area contributed by atoms with Gasteiger partial charge >= 0.3 is 0 Å². The number of hydrogen-bond donors (Lipinski definition) is 1. The smallest absolute Gasteiger partial charge is 0.116 e. The second-order valence-corrected chi connectivity index (χ2v) is 7.15. The van der Waals surface area contributed by atoms with Crippen molar-refractivity contribution in [1.29, 1.82) is 0 Å². The predicted molar refractivity (Wildman–Crippen MR) is 77.8 cm³/mol. The summed E-state index contributed by atoms with van der Waals surface area (Å²) in [5.41, 5.74) is 4.56. The molecule has 4 nitrogen and oxygen atoms in total. The third kappa shape index (κ3) is 1.94. The number of nitrogens with zero attached hydrogens (tertiary/aromatic N) is 3. The van der Waals surface area contributed by atoms with E-state index in [1.165, 1.54) is 26.1 Å².